The summed E-state index contributed by atoms with van der Waals surface area (Å²) >= 11 is 5.39. The van der Waals surface area contributed by atoms with Crippen molar-refractivity contribution in [2.24, 2.45) is 5.73 Å². The van der Waals surface area contributed by atoms with Crippen LogP contribution in [0.1, 0.15) is 32.1 Å². The first kappa shape index (κ1) is 30.5. The van der Waals surface area contributed by atoms with Gasteiger partial charge >= 0.3 is 17.9 Å². The van der Waals surface area contributed by atoms with Crippen LogP contribution in [0.2, 0.25) is 0 Å². The molecule has 0 spiro atoms. The molecular weight excluding hydrogens is 480 g/mol. The highest BCUT2D eigenvalue weighted by Gasteiger charge is 2.30. The summed E-state index contributed by atoms with van der Waals surface area (Å²) in [5.74, 6) is -5.96. The third-order valence-corrected chi connectivity index (χ3v) is 5.34. The van der Waals surface area contributed by atoms with Crippen molar-refractivity contribution in [2.45, 2.75) is 56.3 Å². The molecule has 0 aliphatic rings. The Morgan fingerprint density at radius 1 is 0.788 bits per heavy atom. The molecule has 8 N–H and O–H groups in total. The molecule has 15 heteroatoms. The van der Waals surface area contributed by atoms with Gasteiger partial charge in [0, 0.05) is 18.6 Å². The van der Waals surface area contributed by atoms with Crippen molar-refractivity contribution in [2.75, 3.05) is 17.8 Å². The number of thioether (sulfide) groups is 1. The quantitative estimate of drug-likeness (QED) is 0.103. The van der Waals surface area contributed by atoms with E-state index < -0.39 is 66.2 Å². The Hall–Kier alpha value is -2.52. The van der Waals surface area contributed by atoms with Gasteiger partial charge in [0.15, 0.2) is 0 Å². The summed E-state index contributed by atoms with van der Waals surface area (Å²) in [6.45, 7) is 0. The highest BCUT2D eigenvalue weighted by Crippen LogP contribution is 2.05. The number of carboxylic acid groups (broad SMARTS) is 3. The smallest absolute Gasteiger partial charge is 0.326 e. The molecule has 0 aromatic rings. The Balaban J connectivity index is 5.25. The first-order chi connectivity index (χ1) is 15.4. The third kappa shape index (κ3) is 12.9. The summed E-state index contributed by atoms with van der Waals surface area (Å²) in [6.07, 6.45) is 0.519. The fraction of sp³-hybridized carbons (Fsp3) is 0.667. The van der Waals surface area contributed by atoms with Crippen LogP contribution in [-0.4, -0.2) is 92.9 Å². The highest BCUT2D eigenvalue weighted by atomic mass is 32.2. The predicted molar refractivity (Wildman–Crippen MR) is 122 cm³/mol. The van der Waals surface area contributed by atoms with Crippen molar-refractivity contribution in [3.05, 3.63) is 0 Å². The van der Waals surface area contributed by atoms with Gasteiger partial charge in [0.2, 0.25) is 17.7 Å². The van der Waals surface area contributed by atoms with Crippen molar-refractivity contribution in [1.82, 2.24) is 16.0 Å². The summed E-state index contributed by atoms with van der Waals surface area (Å²) in [6, 6.07) is -5.08. The van der Waals surface area contributed by atoms with Gasteiger partial charge < -0.3 is 37.0 Å². The van der Waals surface area contributed by atoms with Crippen LogP contribution in [0.25, 0.3) is 0 Å². The van der Waals surface area contributed by atoms with Gasteiger partial charge in [-0.25, -0.2) is 4.79 Å². The maximum atomic E-state index is 12.7. The lowest BCUT2D eigenvalue weighted by Crippen LogP contribution is -2.57. The number of carbonyl (C=O) groups is 6. The Morgan fingerprint density at radius 2 is 1.27 bits per heavy atom. The van der Waals surface area contributed by atoms with Gasteiger partial charge in [-0.1, -0.05) is 0 Å². The number of nitrogens with one attached hydrogen (secondary N) is 3. The van der Waals surface area contributed by atoms with E-state index in [1.807, 2.05) is 0 Å². The van der Waals surface area contributed by atoms with Crippen LogP contribution in [0.5, 0.6) is 0 Å². The molecule has 0 heterocycles. The topological polar surface area (TPSA) is 225 Å². The number of hydrogen-bond acceptors (Lipinski definition) is 9. The Labute approximate surface area is 200 Å². The lowest BCUT2D eigenvalue weighted by Gasteiger charge is -2.24. The molecule has 0 aliphatic carbocycles. The van der Waals surface area contributed by atoms with E-state index in [2.05, 4.69) is 28.6 Å². The van der Waals surface area contributed by atoms with E-state index >= 15 is 0 Å². The molecule has 0 aromatic heterocycles. The van der Waals surface area contributed by atoms with Crippen LogP contribution in [0, 0.1) is 0 Å². The minimum atomic E-state index is -1.38. The monoisotopic (exact) mass is 510 g/mol. The van der Waals surface area contributed by atoms with Crippen molar-refractivity contribution >= 4 is 60.0 Å². The molecule has 13 nitrogen and oxygen atoms in total. The average molecular weight is 511 g/mol. The second-order valence-corrected chi connectivity index (χ2v) is 8.31. The standard InChI is InChI=1S/C18H30N4O9S2/c1-33-7-6-11(18(30)31)21-17(29)12(8-32)22-16(28)10(3-5-14(25)26)20-15(27)9(19)2-4-13(23)24/h9-12,32H,2-8,19H2,1H3,(H,20,27)(H,21,29)(H,22,28)(H,23,24)(H,25,26)(H,30,31). The molecule has 0 saturated heterocycles. The van der Waals surface area contributed by atoms with E-state index in [1.165, 1.54) is 11.8 Å². The van der Waals surface area contributed by atoms with Crippen LogP contribution in [0.4, 0.5) is 0 Å². The van der Waals surface area contributed by atoms with Gasteiger partial charge in [-0.2, -0.15) is 24.4 Å². The molecule has 3 amide bonds. The molecule has 0 aromatic carbocycles. The Morgan fingerprint density at radius 3 is 1.76 bits per heavy atom. The minimum Gasteiger partial charge on any atom is -0.481 e. The zero-order valence-corrected chi connectivity index (χ0v) is 19.7. The van der Waals surface area contributed by atoms with Crippen LogP contribution >= 0.6 is 24.4 Å². The maximum Gasteiger partial charge on any atom is 0.326 e. The first-order valence-electron chi connectivity index (χ1n) is 9.85. The first-order valence-corrected chi connectivity index (χ1v) is 11.9. The molecular formula is C18H30N4O9S2. The van der Waals surface area contributed by atoms with Crippen LogP contribution in [0.15, 0.2) is 0 Å². The van der Waals surface area contributed by atoms with E-state index in [4.69, 9.17) is 15.9 Å². The molecule has 0 saturated carbocycles. The number of carbonyl (C=O) groups excluding carboxylic acids is 3. The fourth-order valence-electron chi connectivity index (χ4n) is 2.46. The number of nitrogens with two attached hydrogens (primary N) is 1. The highest BCUT2D eigenvalue weighted by molar-refractivity contribution is 7.98. The molecule has 0 rings (SSSR count). The molecule has 0 bridgehead atoms. The van der Waals surface area contributed by atoms with Gasteiger partial charge in [-0.15, -0.1) is 0 Å². The molecule has 0 radical (unpaired) electrons. The van der Waals surface area contributed by atoms with E-state index in [9.17, 15) is 33.9 Å². The number of carboxylic acids is 3. The molecule has 33 heavy (non-hydrogen) atoms. The minimum absolute atomic E-state index is 0.154. The number of aliphatic carboxylic acids is 3. The zero-order chi connectivity index (χ0) is 25.6. The number of rotatable bonds is 17. The third-order valence-electron chi connectivity index (χ3n) is 4.33. The van der Waals surface area contributed by atoms with Crippen molar-refractivity contribution in [1.29, 1.82) is 0 Å². The summed E-state index contributed by atoms with van der Waals surface area (Å²) in [7, 11) is 0. The van der Waals surface area contributed by atoms with Crippen molar-refractivity contribution in [3.63, 3.8) is 0 Å². The van der Waals surface area contributed by atoms with Gasteiger partial charge in [-0.05, 0) is 31.3 Å². The van der Waals surface area contributed by atoms with Crippen molar-refractivity contribution in [3.8, 4) is 0 Å². The molecule has 0 aliphatic heterocycles. The largest absolute Gasteiger partial charge is 0.481 e. The average Bonchev–Trinajstić information content (AvgIpc) is 2.74. The van der Waals surface area contributed by atoms with E-state index in [0.717, 1.165) is 0 Å². The Kier molecular flexibility index (Phi) is 14.9. The normalized spacial score (nSPS) is 14.3. The van der Waals surface area contributed by atoms with Crippen LogP contribution in [0.3, 0.4) is 0 Å². The summed E-state index contributed by atoms with van der Waals surface area (Å²) in [5.41, 5.74) is 5.61. The Bertz CT molecular complexity index is 723. The second-order valence-electron chi connectivity index (χ2n) is 6.96. The summed E-state index contributed by atoms with van der Waals surface area (Å²) < 4.78 is 0. The van der Waals surface area contributed by atoms with E-state index in [0.29, 0.717) is 5.75 Å². The molecule has 0 fully saturated rings. The number of hydrogen-bond donors (Lipinski definition) is 8. The van der Waals surface area contributed by atoms with E-state index in [1.54, 1.807) is 6.26 Å². The number of thiol groups is 1. The predicted octanol–water partition coefficient (Wildman–Crippen LogP) is -1.73. The van der Waals surface area contributed by atoms with Crippen LogP contribution < -0.4 is 21.7 Å². The van der Waals surface area contributed by atoms with Gasteiger partial charge in [-0.3, -0.25) is 24.0 Å². The lowest BCUT2D eigenvalue weighted by atomic mass is 10.1. The SMILES string of the molecule is CSCCC(NC(=O)C(CS)NC(=O)C(CCC(=O)O)NC(=O)C(N)CCC(=O)O)C(=O)O. The fourth-order valence-corrected chi connectivity index (χ4v) is 3.19. The molecule has 4 atom stereocenters. The maximum absolute atomic E-state index is 12.7. The van der Waals surface area contributed by atoms with Crippen LogP contribution in [-0.2, 0) is 28.8 Å². The number of amides is 3. The summed E-state index contributed by atoms with van der Waals surface area (Å²) in [5, 5.41) is 33.7. The summed E-state index contributed by atoms with van der Waals surface area (Å²) in [4.78, 5) is 70.2. The molecule has 4 unspecified atom stereocenters. The van der Waals surface area contributed by atoms with E-state index in [-0.39, 0.29) is 31.4 Å². The van der Waals surface area contributed by atoms with Gasteiger partial charge in [0.25, 0.3) is 0 Å². The second kappa shape index (κ2) is 16.1. The van der Waals surface area contributed by atoms with Gasteiger partial charge in [0.05, 0.1) is 6.04 Å². The lowest BCUT2D eigenvalue weighted by molar-refractivity contribution is -0.142. The van der Waals surface area contributed by atoms with Crippen molar-refractivity contribution < 1.29 is 44.1 Å². The zero-order valence-electron chi connectivity index (χ0n) is 18.0. The van der Waals surface area contributed by atoms with Gasteiger partial charge in [0.1, 0.15) is 18.1 Å². The molecule has 188 valence electrons.